The fourth-order valence-corrected chi connectivity index (χ4v) is 2.91. The van der Waals surface area contributed by atoms with Gasteiger partial charge < -0.3 is 20.3 Å². The average molecular weight is 400 g/mol. The first-order valence-electron chi connectivity index (χ1n) is 9.34. The normalized spacial score (nSPS) is 17.5. The third kappa shape index (κ3) is 6.70. The Hall–Kier alpha value is -2.29. The number of alkyl halides is 3. The molecule has 2 rings (SSSR count). The Morgan fingerprint density at radius 3 is 2.57 bits per heavy atom. The summed E-state index contributed by atoms with van der Waals surface area (Å²) in [4.78, 5) is 18.6. The molecule has 0 aromatic heterocycles. The molecule has 0 saturated carbocycles. The number of aliphatic imine (C=N–C) groups is 1. The van der Waals surface area contributed by atoms with Gasteiger partial charge in [0, 0.05) is 44.8 Å². The molecule has 6 nitrogen and oxygen atoms in total. The number of halogens is 3. The largest absolute Gasteiger partial charge is 0.416 e. The van der Waals surface area contributed by atoms with Gasteiger partial charge in [0.05, 0.1) is 18.7 Å². The van der Waals surface area contributed by atoms with Gasteiger partial charge in [0.15, 0.2) is 5.96 Å². The molecule has 156 valence electrons. The van der Waals surface area contributed by atoms with Crippen LogP contribution in [-0.2, 0) is 10.9 Å². The lowest BCUT2D eigenvalue weighted by molar-refractivity contribution is -0.137. The zero-order valence-electron chi connectivity index (χ0n) is 16.2. The number of benzene rings is 1. The number of guanidine groups is 1. The molecule has 2 N–H and O–H groups in total. The third-order valence-electron chi connectivity index (χ3n) is 4.39. The summed E-state index contributed by atoms with van der Waals surface area (Å²) in [5, 5.41) is 5.89. The van der Waals surface area contributed by atoms with E-state index in [0.29, 0.717) is 12.5 Å². The Kier molecular flexibility index (Phi) is 8.10. The monoisotopic (exact) mass is 400 g/mol. The highest BCUT2D eigenvalue weighted by molar-refractivity contribution is 5.94. The van der Waals surface area contributed by atoms with E-state index in [4.69, 9.17) is 4.74 Å². The van der Waals surface area contributed by atoms with Crippen molar-refractivity contribution in [1.82, 2.24) is 15.5 Å². The first-order chi connectivity index (χ1) is 13.3. The van der Waals surface area contributed by atoms with Gasteiger partial charge in [-0.1, -0.05) is 0 Å². The van der Waals surface area contributed by atoms with E-state index in [2.05, 4.69) is 15.6 Å². The average Bonchev–Trinajstić information content (AvgIpc) is 3.16. The van der Waals surface area contributed by atoms with E-state index in [9.17, 15) is 18.0 Å². The van der Waals surface area contributed by atoms with E-state index in [1.807, 2.05) is 18.9 Å². The van der Waals surface area contributed by atoms with Gasteiger partial charge in [0.2, 0.25) is 0 Å². The molecule has 1 amide bonds. The lowest BCUT2D eigenvalue weighted by Crippen LogP contribution is -2.42. The van der Waals surface area contributed by atoms with E-state index in [-0.39, 0.29) is 12.1 Å². The Labute approximate surface area is 163 Å². The van der Waals surface area contributed by atoms with Crippen LogP contribution in [0.15, 0.2) is 29.3 Å². The van der Waals surface area contributed by atoms with Crippen LogP contribution in [0.2, 0.25) is 0 Å². The van der Waals surface area contributed by atoms with Crippen LogP contribution in [-0.4, -0.2) is 63.2 Å². The van der Waals surface area contributed by atoms with Crippen molar-refractivity contribution < 1.29 is 22.7 Å². The van der Waals surface area contributed by atoms with Crippen molar-refractivity contribution in [2.75, 3.05) is 46.4 Å². The molecule has 1 heterocycles. The molecule has 1 fully saturated rings. The van der Waals surface area contributed by atoms with Crippen LogP contribution in [0.3, 0.4) is 0 Å². The summed E-state index contributed by atoms with van der Waals surface area (Å²) in [6.07, 6.45) is -3.38. The number of nitrogens with zero attached hydrogens (tertiary/aromatic N) is 2. The second-order valence-corrected chi connectivity index (χ2v) is 6.68. The molecule has 1 aliphatic rings. The fourth-order valence-electron chi connectivity index (χ4n) is 2.91. The minimum atomic E-state index is -4.41. The van der Waals surface area contributed by atoms with Gasteiger partial charge in [0.25, 0.3) is 5.91 Å². The van der Waals surface area contributed by atoms with Crippen LogP contribution in [0.1, 0.15) is 29.3 Å². The van der Waals surface area contributed by atoms with E-state index >= 15 is 0 Å². The first-order valence-corrected chi connectivity index (χ1v) is 9.34. The molecule has 1 aromatic rings. The van der Waals surface area contributed by atoms with Gasteiger partial charge >= 0.3 is 6.18 Å². The van der Waals surface area contributed by atoms with E-state index < -0.39 is 17.6 Å². The highest BCUT2D eigenvalue weighted by atomic mass is 19.4. The minimum Gasteiger partial charge on any atom is -0.381 e. The Balaban J connectivity index is 1.82. The summed E-state index contributed by atoms with van der Waals surface area (Å²) in [6.45, 7) is 5.74. The minimum absolute atomic E-state index is 0.183. The highest BCUT2D eigenvalue weighted by Crippen LogP contribution is 2.29. The smallest absolute Gasteiger partial charge is 0.381 e. The molecule has 1 atom stereocenters. The number of carbonyl (C=O) groups is 1. The molecule has 0 radical (unpaired) electrons. The van der Waals surface area contributed by atoms with Crippen molar-refractivity contribution in [3.8, 4) is 0 Å². The second kappa shape index (κ2) is 10.3. The third-order valence-corrected chi connectivity index (χ3v) is 4.39. The van der Waals surface area contributed by atoms with Crippen molar-refractivity contribution in [2.45, 2.75) is 19.5 Å². The topological polar surface area (TPSA) is 66.0 Å². The number of hydrogen-bond donors (Lipinski definition) is 2. The van der Waals surface area contributed by atoms with Gasteiger partial charge in [-0.3, -0.25) is 9.79 Å². The predicted octanol–water partition coefficient (Wildman–Crippen LogP) is 2.37. The lowest BCUT2D eigenvalue weighted by atomic mass is 10.1. The van der Waals surface area contributed by atoms with E-state index in [0.717, 1.165) is 50.8 Å². The number of carbonyl (C=O) groups excluding carboxylic acids is 1. The maximum Gasteiger partial charge on any atom is 0.416 e. The number of rotatable bonds is 7. The van der Waals surface area contributed by atoms with Gasteiger partial charge in [-0.05, 0) is 37.6 Å². The molecule has 1 unspecified atom stereocenters. The van der Waals surface area contributed by atoms with Crippen molar-refractivity contribution in [2.24, 2.45) is 10.9 Å². The molecule has 9 heteroatoms. The zero-order chi connectivity index (χ0) is 20.6. The maximum atomic E-state index is 12.6. The first kappa shape index (κ1) is 22.0. The Morgan fingerprint density at radius 1 is 1.29 bits per heavy atom. The van der Waals surface area contributed by atoms with Gasteiger partial charge in [-0.2, -0.15) is 13.2 Å². The number of hydrogen-bond acceptors (Lipinski definition) is 3. The lowest BCUT2D eigenvalue weighted by Gasteiger charge is -2.24. The van der Waals surface area contributed by atoms with Crippen LogP contribution in [0, 0.1) is 5.92 Å². The summed E-state index contributed by atoms with van der Waals surface area (Å²) in [5.74, 6) is 0.803. The SMILES string of the molecule is CCNC(=NCCNC(=O)c1ccc(C(F)(F)F)cc1)N(C)CC1CCOC1. The summed E-state index contributed by atoms with van der Waals surface area (Å²) >= 11 is 0. The van der Waals surface area contributed by atoms with E-state index in [1.165, 1.54) is 12.1 Å². The van der Waals surface area contributed by atoms with Crippen molar-refractivity contribution >= 4 is 11.9 Å². The summed E-state index contributed by atoms with van der Waals surface area (Å²) < 4.78 is 43.1. The van der Waals surface area contributed by atoms with Crippen LogP contribution in [0.25, 0.3) is 0 Å². The number of ether oxygens (including phenoxy) is 1. The van der Waals surface area contributed by atoms with Crippen LogP contribution in [0.4, 0.5) is 13.2 Å². The molecule has 0 aliphatic carbocycles. The van der Waals surface area contributed by atoms with Gasteiger partial charge in [-0.25, -0.2) is 0 Å². The van der Waals surface area contributed by atoms with Crippen molar-refractivity contribution in [3.63, 3.8) is 0 Å². The molecular formula is C19H27F3N4O2. The quantitative estimate of drug-likeness (QED) is 0.419. The number of amides is 1. The Bertz CT molecular complexity index is 656. The summed E-state index contributed by atoms with van der Waals surface area (Å²) in [5.41, 5.74) is -0.595. The molecule has 0 bridgehead atoms. The van der Waals surface area contributed by atoms with Gasteiger partial charge in [-0.15, -0.1) is 0 Å². The van der Waals surface area contributed by atoms with Crippen LogP contribution < -0.4 is 10.6 Å². The molecular weight excluding hydrogens is 373 g/mol. The Morgan fingerprint density at radius 2 is 2.00 bits per heavy atom. The van der Waals surface area contributed by atoms with Crippen molar-refractivity contribution in [1.29, 1.82) is 0 Å². The molecule has 0 spiro atoms. The molecule has 1 aromatic carbocycles. The maximum absolute atomic E-state index is 12.6. The predicted molar refractivity (Wildman–Crippen MR) is 101 cm³/mol. The van der Waals surface area contributed by atoms with E-state index in [1.54, 1.807) is 0 Å². The molecule has 1 aliphatic heterocycles. The standard InChI is InChI=1S/C19H27F3N4O2/c1-3-23-18(26(2)12-14-8-11-28-13-14)25-10-9-24-17(27)15-4-6-16(7-5-15)19(20,21)22/h4-7,14H,3,8-13H2,1-2H3,(H,23,25)(H,24,27). The second-order valence-electron chi connectivity index (χ2n) is 6.68. The number of nitrogens with one attached hydrogen (secondary N) is 2. The highest BCUT2D eigenvalue weighted by Gasteiger charge is 2.30. The summed E-state index contributed by atoms with van der Waals surface area (Å²) in [6, 6.07) is 4.14. The molecule has 28 heavy (non-hydrogen) atoms. The fraction of sp³-hybridized carbons (Fsp3) is 0.579. The van der Waals surface area contributed by atoms with Crippen LogP contribution >= 0.6 is 0 Å². The van der Waals surface area contributed by atoms with Crippen molar-refractivity contribution in [3.05, 3.63) is 35.4 Å². The van der Waals surface area contributed by atoms with Crippen LogP contribution in [0.5, 0.6) is 0 Å². The molecule has 1 saturated heterocycles. The summed E-state index contributed by atoms with van der Waals surface area (Å²) in [7, 11) is 1.96. The zero-order valence-corrected chi connectivity index (χ0v) is 16.2. The van der Waals surface area contributed by atoms with Gasteiger partial charge in [0.1, 0.15) is 0 Å².